The van der Waals surface area contributed by atoms with E-state index in [2.05, 4.69) is 4.98 Å². The first-order chi connectivity index (χ1) is 15.1. The molecule has 6 heteroatoms. The van der Waals surface area contributed by atoms with Crippen molar-refractivity contribution in [2.45, 2.75) is 6.42 Å². The van der Waals surface area contributed by atoms with Gasteiger partial charge in [0.15, 0.2) is 17.3 Å². The van der Waals surface area contributed by atoms with Gasteiger partial charge in [0.25, 0.3) is 5.91 Å². The molecule has 0 bridgehead atoms. The molecule has 158 valence electrons. The Balaban J connectivity index is 1.59. The number of fused-ring (bicyclic) bond motifs is 1. The van der Waals surface area contributed by atoms with E-state index in [4.69, 9.17) is 13.9 Å². The van der Waals surface area contributed by atoms with E-state index in [0.717, 1.165) is 16.5 Å². The number of pyridine rings is 1. The van der Waals surface area contributed by atoms with Crippen LogP contribution in [0, 0.1) is 0 Å². The summed E-state index contributed by atoms with van der Waals surface area (Å²) >= 11 is 0. The Morgan fingerprint density at radius 2 is 1.81 bits per heavy atom. The summed E-state index contributed by atoms with van der Waals surface area (Å²) in [4.78, 5) is 19.7. The smallest absolute Gasteiger partial charge is 0.254 e. The minimum absolute atomic E-state index is 0.0631. The number of likely N-dealkylation sites (N-methyl/N-ethyl adjacent to an activating group) is 1. The second-order valence-corrected chi connectivity index (χ2v) is 7.22. The van der Waals surface area contributed by atoms with Crippen LogP contribution in [0.5, 0.6) is 11.5 Å². The molecule has 2 aromatic carbocycles. The third kappa shape index (κ3) is 4.23. The number of hydrogen-bond donors (Lipinski definition) is 0. The van der Waals surface area contributed by atoms with E-state index in [9.17, 15) is 4.79 Å². The van der Waals surface area contributed by atoms with Crippen molar-refractivity contribution in [2.24, 2.45) is 0 Å². The van der Waals surface area contributed by atoms with E-state index in [1.165, 1.54) is 0 Å². The molecule has 0 saturated heterocycles. The number of nitrogens with zero attached hydrogens (tertiary/aromatic N) is 2. The molecule has 0 aliphatic rings. The number of rotatable bonds is 7. The Morgan fingerprint density at radius 1 is 1.00 bits per heavy atom. The van der Waals surface area contributed by atoms with Gasteiger partial charge in [0, 0.05) is 19.0 Å². The van der Waals surface area contributed by atoms with E-state index in [-0.39, 0.29) is 5.91 Å². The SMILES string of the molecule is COc1ccc(CCN(C)C(=O)c2cc(-c3ccco3)nc3ccccc23)cc1OC. The summed E-state index contributed by atoms with van der Waals surface area (Å²) < 4.78 is 16.2. The van der Waals surface area contributed by atoms with Crippen molar-refractivity contribution in [1.82, 2.24) is 9.88 Å². The Morgan fingerprint density at radius 3 is 2.55 bits per heavy atom. The zero-order valence-electron chi connectivity index (χ0n) is 17.8. The average molecular weight is 416 g/mol. The lowest BCUT2D eigenvalue weighted by Gasteiger charge is -2.19. The number of para-hydroxylation sites is 1. The standard InChI is InChI=1S/C25H24N2O4/c1-27(13-12-17-10-11-23(29-2)24(15-17)30-3)25(28)19-16-21(22-9-6-14-31-22)26-20-8-5-4-7-18(19)20/h4-11,14-16H,12-13H2,1-3H3. The molecule has 1 amide bonds. The highest BCUT2D eigenvalue weighted by Gasteiger charge is 2.18. The molecule has 31 heavy (non-hydrogen) atoms. The second kappa shape index (κ2) is 8.92. The van der Waals surface area contributed by atoms with Crippen LogP contribution in [0.3, 0.4) is 0 Å². The lowest BCUT2D eigenvalue weighted by Crippen LogP contribution is -2.29. The van der Waals surface area contributed by atoms with Gasteiger partial charge in [-0.15, -0.1) is 0 Å². The van der Waals surface area contributed by atoms with Gasteiger partial charge in [0.2, 0.25) is 0 Å². The van der Waals surface area contributed by atoms with E-state index in [0.29, 0.717) is 41.5 Å². The lowest BCUT2D eigenvalue weighted by molar-refractivity contribution is 0.0798. The summed E-state index contributed by atoms with van der Waals surface area (Å²) in [6.45, 7) is 0.557. The molecule has 4 rings (SSSR count). The van der Waals surface area contributed by atoms with Crippen molar-refractivity contribution < 1.29 is 18.7 Å². The molecule has 0 aliphatic heterocycles. The summed E-state index contributed by atoms with van der Waals surface area (Å²) in [7, 11) is 5.04. The van der Waals surface area contributed by atoms with Crippen LogP contribution < -0.4 is 9.47 Å². The molecule has 2 heterocycles. The number of carbonyl (C=O) groups is 1. The molecule has 0 fully saturated rings. The highest BCUT2D eigenvalue weighted by Crippen LogP contribution is 2.28. The van der Waals surface area contributed by atoms with Crippen LogP contribution in [0.25, 0.3) is 22.4 Å². The Bertz CT molecular complexity index is 1200. The third-order valence-electron chi connectivity index (χ3n) is 5.25. The highest BCUT2D eigenvalue weighted by molar-refractivity contribution is 6.07. The second-order valence-electron chi connectivity index (χ2n) is 7.22. The van der Waals surface area contributed by atoms with Gasteiger partial charge in [-0.05, 0) is 48.4 Å². The van der Waals surface area contributed by atoms with E-state index < -0.39 is 0 Å². The Hall–Kier alpha value is -3.80. The number of carbonyl (C=O) groups excluding carboxylic acids is 1. The largest absolute Gasteiger partial charge is 0.493 e. The first-order valence-electron chi connectivity index (χ1n) is 10.0. The molecule has 0 atom stereocenters. The lowest BCUT2D eigenvalue weighted by atomic mass is 10.0. The van der Waals surface area contributed by atoms with Crippen molar-refractivity contribution >= 4 is 16.8 Å². The molecule has 0 spiro atoms. The molecule has 6 nitrogen and oxygen atoms in total. The molecule has 0 aliphatic carbocycles. The quantitative estimate of drug-likeness (QED) is 0.432. The van der Waals surface area contributed by atoms with E-state index in [1.54, 1.807) is 31.4 Å². The van der Waals surface area contributed by atoms with E-state index >= 15 is 0 Å². The monoisotopic (exact) mass is 416 g/mol. The molecule has 0 radical (unpaired) electrons. The van der Waals surface area contributed by atoms with Crippen LogP contribution in [-0.4, -0.2) is 43.6 Å². The molecular formula is C25H24N2O4. The number of aromatic nitrogens is 1. The Labute approximate surface area is 181 Å². The fourth-order valence-electron chi connectivity index (χ4n) is 3.54. The first kappa shape index (κ1) is 20.5. The van der Waals surface area contributed by atoms with E-state index in [1.807, 2.05) is 61.6 Å². The van der Waals surface area contributed by atoms with Crippen LogP contribution >= 0.6 is 0 Å². The maximum absolute atomic E-state index is 13.3. The molecule has 2 aromatic heterocycles. The average Bonchev–Trinajstić information content (AvgIpc) is 3.36. The van der Waals surface area contributed by atoms with Gasteiger partial charge in [-0.3, -0.25) is 4.79 Å². The zero-order valence-corrected chi connectivity index (χ0v) is 17.8. The van der Waals surface area contributed by atoms with Crippen molar-refractivity contribution in [1.29, 1.82) is 0 Å². The van der Waals surface area contributed by atoms with Crippen LogP contribution in [-0.2, 0) is 6.42 Å². The fourth-order valence-corrected chi connectivity index (χ4v) is 3.54. The van der Waals surface area contributed by atoms with Crippen molar-refractivity contribution in [2.75, 3.05) is 27.8 Å². The van der Waals surface area contributed by atoms with Crippen molar-refractivity contribution in [3.63, 3.8) is 0 Å². The Kier molecular flexibility index (Phi) is 5.89. The number of ether oxygens (including phenoxy) is 2. The summed E-state index contributed by atoms with van der Waals surface area (Å²) in [6, 6.07) is 18.9. The van der Waals surface area contributed by atoms with Crippen LogP contribution in [0.2, 0.25) is 0 Å². The number of furan rings is 1. The molecule has 0 unspecified atom stereocenters. The molecule has 0 saturated carbocycles. The van der Waals surface area contributed by atoms with Crippen LogP contribution in [0.15, 0.2) is 71.3 Å². The van der Waals surface area contributed by atoms with Gasteiger partial charge >= 0.3 is 0 Å². The summed E-state index contributed by atoms with van der Waals surface area (Å²) in [6.07, 6.45) is 2.29. The number of hydrogen-bond acceptors (Lipinski definition) is 5. The molecule has 0 N–H and O–H groups in total. The van der Waals surface area contributed by atoms with Gasteiger partial charge in [-0.1, -0.05) is 24.3 Å². The summed E-state index contributed by atoms with van der Waals surface area (Å²) in [5, 5.41) is 0.820. The number of amides is 1. The predicted octanol–water partition coefficient (Wildman–Crippen LogP) is 4.83. The topological polar surface area (TPSA) is 64.8 Å². The highest BCUT2D eigenvalue weighted by atomic mass is 16.5. The van der Waals surface area contributed by atoms with Crippen molar-refractivity contribution in [3.05, 3.63) is 78.1 Å². The van der Waals surface area contributed by atoms with Gasteiger partial charge < -0.3 is 18.8 Å². The van der Waals surface area contributed by atoms with Crippen LogP contribution in [0.1, 0.15) is 15.9 Å². The summed E-state index contributed by atoms with van der Waals surface area (Å²) in [5.41, 5.74) is 3.06. The third-order valence-corrected chi connectivity index (χ3v) is 5.25. The van der Waals surface area contributed by atoms with Gasteiger partial charge in [0.05, 0.1) is 31.6 Å². The van der Waals surface area contributed by atoms with Crippen LogP contribution in [0.4, 0.5) is 0 Å². The molecular weight excluding hydrogens is 392 g/mol. The first-order valence-corrected chi connectivity index (χ1v) is 10.0. The van der Waals surface area contributed by atoms with Gasteiger partial charge in [-0.2, -0.15) is 0 Å². The molecule has 4 aromatic rings. The van der Waals surface area contributed by atoms with Gasteiger partial charge in [-0.25, -0.2) is 4.98 Å². The predicted molar refractivity (Wildman–Crippen MR) is 120 cm³/mol. The maximum atomic E-state index is 13.3. The maximum Gasteiger partial charge on any atom is 0.254 e. The summed E-state index contributed by atoms with van der Waals surface area (Å²) in [5.74, 6) is 1.93. The zero-order chi connectivity index (χ0) is 21.8. The normalized spacial score (nSPS) is 10.8. The van der Waals surface area contributed by atoms with Crippen molar-refractivity contribution in [3.8, 4) is 23.0 Å². The minimum atomic E-state index is -0.0631. The fraction of sp³-hybridized carbons (Fsp3) is 0.200. The number of methoxy groups -OCH3 is 2. The number of benzene rings is 2. The minimum Gasteiger partial charge on any atom is -0.493 e. The van der Waals surface area contributed by atoms with Gasteiger partial charge in [0.1, 0.15) is 5.69 Å².